The first-order chi connectivity index (χ1) is 6.58. The molecule has 0 aromatic heterocycles. The Bertz CT molecular complexity index is 166. The molecule has 2 heteroatoms. The topological polar surface area (TPSA) is 29.5 Å². The van der Waals surface area contributed by atoms with E-state index < -0.39 is 0 Å². The minimum atomic E-state index is -0.273. The molecule has 1 aliphatic rings. The van der Waals surface area contributed by atoms with Crippen LogP contribution in [0.4, 0.5) is 0 Å². The van der Waals surface area contributed by atoms with E-state index in [1.165, 1.54) is 19.3 Å². The Labute approximate surface area is 87.7 Å². The van der Waals surface area contributed by atoms with Gasteiger partial charge in [0, 0.05) is 6.61 Å². The second-order valence-corrected chi connectivity index (χ2v) is 5.07. The van der Waals surface area contributed by atoms with Gasteiger partial charge >= 0.3 is 0 Å². The molecule has 1 aliphatic carbocycles. The van der Waals surface area contributed by atoms with Crippen molar-refractivity contribution in [1.82, 2.24) is 0 Å². The van der Waals surface area contributed by atoms with E-state index in [1.807, 2.05) is 6.92 Å². The standard InChI is InChI=1S/C12H24O2/c1-4-14-9-11(13)10-7-5-6-8-12(10,2)3/h10-11,13H,4-9H2,1-3H3. The van der Waals surface area contributed by atoms with Gasteiger partial charge in [0.05, 0.1) is 12.7 Å². The van der Waals surface area contributed by atoms with Crippen LogP contribution in [0, 0.1) is 11.3 Å². The molecule has 2 unspecified atom stereocenters. The summed E-state index contributed by atoms with van der Waals surface area (Å²) in [5, 5.41) is 10.0. The van der Waals surface area contributed by atoms with E-state index in [-0.39, 0.29) is 11.5 Å². The number of aliphatic hydroxyl groups excluding tert-OH is 1. The number of ether oxygens (including phenoxy) is 1. The van der Waals surface area contributed by atoms with Crippen LogP contribution >= 0.6 is 0 Å². The normalized spacial score (nSPS) is 28.7. The second kappa shape index (κ2) is 5.13. The average molecular weight is 200 g/mol. The summed E-state index contributed by atoms with van der Waals surface area (Å²) in [4.78, 5) is 0. The summed E-state index contributed by atoms with van der Waals surface area (Å²) in [5.41, 5.74) is 0.286. The average Bonchev–Trinajstić information content (AvgIpc) is 2.13. The van der Waals surface area contributed by atoms with E-state index in [9.17, 15) is 5.11 Å². The van der Waals surface area contributed by atoms with Crippen LogP contribution in [0.5, 0.6) is 0 Å². The van der Waals surface area contributed by atoms with E-state index in [0.29, 0.717) is 19.1 Å². The summed E-state index contributed by atoms with van der Waals surface area (Å²) in [6.45, 7) is 7.71. The Hall–Kier alpha value is -0.0800. The SMILES string of the molecule is CCOCC(O)C1CCCCC1(C)C. The van der Waals surface area contributed by atoms with Gasteiger partial charge in [-0.15, -0.1) is 0 Å². The predicted molar refractivity (Wildman–Crippen MR) is 58.2 cm³/mol. The van der Waals surface area contributed by atoms with Crippen LogP contribution in [0.1, 0.15) is 46.5 Å². The van der Waals surface area contributed by atoms with Gasteiger partial charge < -0.3 is 9.84 Å². The highest BCUT2D eigenvalue weighted by Crippen LogP contribution is 2.42. The Kier molecular flexibility index (Phi) is 4.39. The second-order valence-electron chi connectivity index (χ2n) is 5.07. The van der Waals surface area contributed by atoms with E-state index in [2.05, 4.69) is 13.8 Å². The molecule has 2 nitrogen and oxygen atoms in total. The maximum Gasteiger partial charge on any atom is 0.0806 e. The van der Waals surface area contributed by atoms with Crippen molar-refractivity contribution in [2.45, 2.75) is 52.6 Å². The van der Waals surface area contributed by atoms with Crippen LogP contribution in [-0.4, -0.2) is 24.4 Å². The highest BCUT2D eigenvalue weighted by Gasteiger charge is 2.36. The predicted octanol–water partition coefficient (Wildman–Crippen LogP) is 2.60. The zero-order valence-corrected chi connectivity index (χ0v) is 9.75. The molecule has 1 N–H and O–H groups in total. The third-order valence-corrected chi connectivity index (χ3v) is 3.55. The smallest absolute Gasteiger partial charge is 0.0806 e. The van der Waals surface area contributed by atoms with Crippen molar-refractivity contribution in [1.29, 1.82) is 0 Å². The summed E-state index contributed by atoms with van der Waals surface area (Å²) in [6, 6.07) is 0. The summed E-state index contributed by atoms with van der Waals surface area (Å²) < 4.78 is 5.29. The van der Waals surface area contributed by atoms with Crippen LogP contribution in [0.2, 0.25) is 0 Å². The van der Waals surface area contributed by atoms with Crippen molar-refractivity contribution in [2.75, 3.05) is 13.2 Å². The Balaban J connectivity index is 2.46. The van der Waals surface area contributed by atoms with Crippen LogP contribution in [0.3, 0.4) is 0 Å². The zero-order valence-electron chi connectivity index (χ0n) is 9.75. The summed E-state index contributed by atoms with van der Waals surface area (Å²) >= 11 is 0. The van der Waals surface area contributed by atoms with Gasteiger partial charge in [-0.25, -0.2) is 0 Å². The van der Waals surface area contributed by atoms with Crippen molar-refractivity contribution >= 4 is 0 Å². The highest BCUT2D eigenvalue weighted by atomic mass is 16.5. The molecule has 0 spiro atoms. The quantitative estimate of drug-likeness (QED) is 0.756. The molecule has 0 aromatic rings. The molecule has 84 valence electrons. The summed E-state index contributed by atoms with van der Waals surface area (Å²) in [6.07, 6.45) is 4.69. The minimum absolute atomic E-state index is 0.273. The molecule has 1 saturated carbocycles. The number of aliphatic hydroxyl groups is 1. The minimum Gasteiger partial charge on any atom is -0.390 e. The molecule has 0 amide bonds. The van der Waals surface area contributed by atoms with Gasteiger partial charge in [-0.05, 0) is 31.1 Å². The third-order valence-electron chi connectivity index (χ3n) is 3.55. The van der Waals surface area contributed by atoms with E-state index in [0.717, 1.165) is 6.42 Å². The molecule has 0 heterocycles. The van der Waals surface area contributed by atoms with Gasteiger partial charge in [0.15, 0.2) is 0 Å². The monoisotopic (exact) mass is 200 g/mol. The van der Waals surface area contributed by atoms with E-state index >= 15 is 0 Å². The van der Waals surface area contributed by atoms with Crippen molar-refractivity contribution in [3.8, 4) is 0 Å². The maximum absolute atomic E-state index is 10.0. The lowest BCUT2D eigenvalue weighted by Crippen LogP contribution is -2.39. The third kappa shape index (κ3) is 2.96. The van der Waals surface area contributed by atoms with Crippen molar-refractivity contribution in [3.05, 3.63) is 0 Å². The first kappa shape index (κ1) is 12.0. The van der Waals surface area contributed by atoms with E-state index in [1.54, 1.807) is 0 Å². The zero-order chi connectivity index (χ0) is 10.6. The van der Waals surface area contributed by atoms with Gasteiger partial charge in [-0.1, -0.05) is 26.7 Å². The largest absolute Gasteiger partial charge is 0.390 e. The molecule has 1 rings (SSSR count). The Morgan fingerprint density at radius 3 is 2.71 bits per heavy atom. The first-order valence-corrected chi connectivity index (χ1v) is 5.83. The number of rotatable bonds is 4. The molecule has 14 heavy (non-hydrogen) atoms. The maximum atomic E-state index is 10.0. The summed E-state index contributed by atoms with van der Waals surface area (Å²) in [7, 11) is 0. The molecule has 2 atom stereocenters. The van der Waals surface area contributed by atoms with Gasteiger partial charge in [0.25, 0.3) is 0 Å². The van der Waals surface area contributed by atoms with E-state index in [4.69, 9.17) is 4.74 Å². The van der Waals surface area contributed by atoms with Crippen molar-refractivity contribution in [3.63, 3.8) is 0 Å². The van der Waals surface area contributed by atoms with Crippen LogP contribution in [-0.2, 0) is 4.74 Å². The van der Waals surface area contributed by atoms with Crippen LogP contribution in [0.15, 0.2) is 0 Å². The summed E-state index contributed by atoms with van der Waals surface area (Å²) in [5.74, 6) is 0.419. The number of hydrogen-bond acceptors (Lipinski definition) is 2. The van der Waals surface area contributed by atoms with Crippen molar-refractivity contribution < 1.29 is 9.84 Å². The van der Waals surface area contributed by atoms with Gasteiger partial charge in [-0.3, -0.25) is 0 Å². The van der Waals surface area contributed by atoms with Gasteiger partial charge in [0.1, 0.15) is 0 Å². The Morgan fingerprint density at radius 1 is 1.43 bits per heavy atom. The van der Waals surface area contributed by atoms with Crippen molar-refractivity contribution in [2.24, 2.45) is 11.3 Å². The lowest BCUT2D eigenvalue weighted by molar-refractivity contribution is -0.0443. The molecular formula is C12H24O2. The molecule has 0 radical (unpaired) electrons. The van der Waals surface area contributed by atoms with Gasteiger partial charge in [-0.2, -0.15) is 0 Å². The fourth-order valence-corrected chi connectivity index (χ4v) is 2.59. The lowest BCUT2D eigenvalue weighted by atomic mass is 9.67. The van der Waals surface area contributed by atoms with Crippen LogP contribution < -0.4 is 0 Å². The molecule has 0 bridgehead atoms. The molecular weight excluding hydrogens is 176 g/mol. The fourth-order valence-electron chi connectivity index (χ4n) is 2.59. The Morgan fingerprint density at radius 2 is 2.14 bits per heavy atom. The molecule has 0 saturated heterocycles. The molecule has 1 fully saturated rings. The fraction of sp³-hybridized carbons (Fsp3) is 1.00. The van der Waals surface area contributed by atoms with Gasteiger partial charge in [0.2, 0.25) is 0 Å². The van der Waals surface area contributed by atoms with Crippen LogP contribution in [0.25, 0.3) is 0 Å². The molecule has 0 aromatic carbocycles. The number of hydrogen-bond donors (Lipinski definition) is 1. The molecule has 0 aliphatic heterocycles. The highest BCUT2D eigenvalue weighted by molar-refractivity contribution is 4.86. The first-order valence-electron chi connectivity index (χ1n) is 5.83. The lowest BCUT2D eigenvalue weighted by Gasteiger charge is -2.41.